The second-order valence-corrected chi connectivity index (χ2v) is 5.67. The van der Waals surface area contributed by atoms with Gasteiger partial charge < -0.3 is 15.2 Å². The summed E-state index contributed by atoms with van der Waals surface area (Å²) < 4.78 is 6.23. The maximum atomic E-state index is 10.9. The van der Waals surface area contributed by atoms with Gasteiger partial charge in [-0.3, -0.25) is 0 Å². The minimum absolute atomic E-state index is 0.262. The van der Waals surface area contributed by atoms with Crippen LogP contribution in [-0.2, 0) is 4.74 Å². The van der Waals surface area contributed by atoms with Crippen molar-refractivity contribution in [2.24, 2.45) is 5.92 Å². The topological polar surface area (TPSA) is 58.6 Å². The number of nitrogens with one attached hydrogen (secondary N) is 1. The summed E-state index contributed by atoms with van der Waals surface area (Å²) in [4.78, 5) is 10.9. The molecule has 0 amide bonds. The minimum Gasteiger partial charge on any atom is -0.478 e. The van der Waals surface area contributed by atoms with Gasteiger partial charge in [0.25, 0.3) is 0 Å². The van der Waals surface area contributed by atoms with Crippen molar-refractivity contribution in [2.45, 2.75) is 20.3 Å². The Morgan fingerprint density at radius 1 is 1.37 bits per heavy atom. The van der Waals surface area contributed by atoms with Gasteiger partial charge in [0.15, 0.2) is 0 Å². The molecule has 0 radical (unpaired) electrons. The van der Waals surface area contributed by atoms with Gasteiger partial charge in [0, 0.05) is 23.3 Å². The minimum atomic E-state index is -0.933. The van der Waals surface area contributed by atoms with Gasteiger partial charge in [-0.05, 0) is 30.5 Å². The van der Waals surface area contributed by atoms with Crippen LogP contribution in [0.3, 0.4) is 0 Å². The van der Waals surface area contributed by atoms with E-state index in [0.29, 0.717) is 19.1 Å². The molecule has 0 unspecified atom stereocenters. The molecule has 106 valence electrons. The first kappa shape index (κ1) is 16.0. The second kappa shape index (κ2) is 8.17. The van der Waals surface area contributed by atoms with Gasteiger partial charge in [-0.2, -0.15) is 0 Å². The number of carbonyl (C=O) groups is 1. The lowest BCUT2D eigenvalue weighted by atomic mass is 10.1. The van der Waals surface area contributed by atoms with Crippen LogP contribution in [0.5, 0.6) is 0 Å². The highest BCUT2D eigenvalue weighted by Gasteiger charge is 2.05. The summed E-state index contributed by atoms with van der Waals surface area (Å²) in [7, 11) is 0. The number of hydrogen-bond donors (Lipinski definition) is 2. The normalized spacial score (nSPS) is 10.7. The third-order valence-corrected chi connectivity index (χ3v) is 3.02. The first-order valence-electron chi connectivity index (χ1n) is 6.34. The molecule has 5 heteroatoms. The Morgan fingerprint density at radius 2 is 2.11 bits per heavy atom. The Morgan fingerprint density at radius 3 is 2.74 bits per heavy atom. The Bertz CT molecular complexity index is 421. The number of aromatic carboxylic acids is 1. The summed E-state index contributed by atoms with van der Waals surface area (Å²) in [5.74, 6) is -0.284. The van der Waals surface area contributed by atoms with Crippen LogP contribution < -0.4 is 5.32 Å². The van der Waals surface area contributed by atoms with E-state index >= 15 is 0 Å². The molecule has 19 heavy (non-hydrogen) atoms. The van der Waals surface area contributed by atoms with Crippen LogP contribution in [0.1, 0.15) is 30.6 Å². The van der Waals surface area contributed by atoms with E-state index in [1.54, 1.807) is 12.1 Å². The Balaban J connectivity index is 2.35. The van der Waals surface area contributed by atoms with Crippen molar-refractivity contribution in [1.82, 2.24) is 0 Å². The molecule has 0 aliphatic carbocycles. The van der Waals surface area contributed by atoms with E-state index in [1.807, 2.05) is 6.07 Å². The van der Waals surface area contributed by atoms with E-state index in [9.17, 15) is 4.79 Å². The zero-order valence-electron chi connectivity index (χ0n) is 11.3. The summed E-state index contributed by atoms with van der Waals surface area (Å²) in [5, 5.41) is 12.1. The molecule has 4 nitrogen and oxygen atoms in total. The third kappa shape index (κ3) is 6.59. The van der Waals surface area contributed by atoms with Gasteiger partial charge in [0.05, 0.1) is 12.2 Å². The van der Waals surface area contributed by atoms with Gasteiger partial charge >= 0.3 is 5.97 Å². The van der Waals surface area contributed by atoms with E-state index in [0.717, 1.165) is 23.2 Å². The van der Waals surface area contributed by atoms with E-state index in [4.69, 9.17) is 9.84 Å². The smallest absolute Gasteiger partial charge is 0.335 e. The van der Waals surface area contributed by atoms with Crippen LogP contribution in [-0.4, -0.2) is 30.8 Å². The monoisotopic (exact) mass is 329 g/mol. The predicted octanol–water partition coefficient (Wildman–Crippen LogP) is 3.62. The Hall–Kier alpha value is -1.07. The van der Waals surface area contributed by atoms with Crippen LogP contribution in [0.15, 0.2) is 22.7 Å². The quantitative estimate of drug-likeness (QED) is 0.715. The van der Waals surface area contributed by atoms with Gasteiger partial charge in [0.1, 0.15) is 0 Å². The number of rotatable bonds is 8. The van der Waals surface area contributed by atoms with E-state index < -0.39 is 5.97 Å². The van der Waals surface area contributed by atoms with Crippen molar-refractivity contribution in [2.75, 3.05) is 25.1 Å². The summed E-state index contributed by atoms with van der Waals surface area (Å²) in [6.07, 6.45) is 1.06. The number of ether oxygens (including phenoxy) is 1. The fourth-order valence-electron chi connectivity index (χ4n) is 1.50. The molecule has 0 spiro atoms. The molecule has 0 saturated carbocycles. The lowest BCUT2D eigenvalue weighted by molar-refractivity contribution is 0.0697. The number of halogens is 1. The molecule has 0 heterocycles. The van der Waals surface area contributed by atoms with Crippen LogP contribution in [0.4, 0.5) is 5.69 Å². The summed E-state index contributed by atoms with van der Waals surface area (Å²) in [6, 6.07) is 5.04. The standard InChI is InChI=1S/C14H20BrNO3/c1-10(2)3-5-19-6-4-16-13-8-11(14(17)18)7-12(15)9-13/h7-10,16H,3-6H2,1-2H3,(H,17,18). The molecule has 0 aromatic heterocycles. The SMILES string of the molecule is CC(C)CCOCCNc1cc(Br)cc(C(=O)O)c1. The highest BCUT2D eigenvalue weighted by atomic mass is 79.9. The fraction of sp³-hybridized carbons (Fsp3) is 0.500. The van der Waals surface area contributed by atoms with Gasteiger partial charge in [0.2, 0.25) is 0 Å². The van der Waals surface area contributed by atoms with E-state index in [2.05, 4.69) is 35.1 Å². The molecular formula is C14H20BrNO3. The van der Waals surface area contributed by atoms with E-state index in [-0.39, 0.29) is 5.56 Å². The average Bonchev–Trinajstić information content (AvgIpc) is 2.32. The first-order valence-corrected chi connectivity index (χ1v) is 7.14. The number of anilines is 1. The molecule has 2 N–H and O–H groups in total. The second-order valence-electron chi connectivity index (χ2n) is 4.76. The summed E-state index contributed by atoms with van der Waals surface area (Å²) in [6.45, 7) is 6.36. The van der Waals surface area contributed by atoms with Crippen LogP contribution >= 0.6 is 15.9 Å². The molecule has 0 atom stereocenters. The average molecular weight is 330 g/mol. The third-order valence-electron chi connectivity index (χ3n) is 2.56. The molecule has 0 aliphatic rings. The molecule has 0 bridgehead atoms. The van der Waals surface area contributed by atoms with Crippen molar-refractivity contribution < 1.29 is 14.6 Å². The zero-order valence-corrected chi connectivity index (χ0v) is 12.9. The zero-order chi connectivity index (χ0) is 14.3. The Labute approximate surface area is 122 Å². The number of hydrogen-bond acceptors (Lipinski definition) is 3. The van der Waals surface area contributed by atoms with Crippen molar-refractivity contribution >= 4 is 27.6 Å². The van der Waals surface area contributed by atoms with Crippen molar-refractivity contribution in [1.29, 1.82) is 0 Å². The van der Waals surface area contributed by atoms with Crippen LogP contribution in [0.25, 0.3) is 0 Å². The van der Waals surface area contributed by atoms with Gasteiger partial charge in [-0.25, -0.2) is 4.79 Å². The van der Waals surface area contributed by atoms with Crippen molar-refractivity contribution in [3.05, 3.63) is 28.2 Å². The molecule has 0 fully saturated rings. The highest BCUT2D eigenvalue weighted by molar-refractivity contribution is 9.10. The molecule has 1 aromatic rings. The predicted molar refractivity (Wildman–Crippen MR) is 79.9 cm³/mol. The van der Waals surface area contributed by atoms with Crippen molar-refractivity contribution in [3.63, 3.8) is 0 Å². The first-order chi connectivity index (χ1) is 8.99. The maximum absolute atomic E-state index is 10.9. The lowest BCUT2D eigenvalue weighted by Gasteiger charge is -2.09. The summed E-state index contributed by atoms with van der Waals surface area (Å²) in [5.41, 5.74) is 1.04. The largest absolute Gasteiger partial charge is 0.478 e. The lowest BCUT2D eigenvalue weighted by Crippen LogP contribution is -2.11. The maximum Gasteiger partial charge on any atom is 0.335 e. The summed E-state index contributed by atoms with van der Waals surface area (Å²) >= 11 is 3.30. The number of carboxylic acid groups (broad SMARTS) is 1. The molecule has 1 rings (SSSR count). The molecular weight excluding hydrogens is 310 g/mol. The molecule has 0 saturated heterocycles. The van der Waals surface area contributed by atoms with Gasteiger partial charge in [-0.1, -0.05) is 29.8 Å². The highest BCUT2D eigenvalue weighted by Crippen LogP contribution is 2.19. The van der Waals surface area contributed by atoms with Gasteiger partial charge in [-0.15, -0.1) is 0 Å². The van der Waals surface area contributed by atoms with E-state index in [1.165, 1.54) is 0 Å². The number of benzene rings is 1. The fourth-order valence-corrected chi connectivity index (χ4v) is 2.00. The van der Waals surface area contributed by atoms with Crippen LogP contribution in [0.2, 0.25) is 0 Å². The number of carboxylic acids is 1. The Kier molecular flexibility index (Phi) is 6.87. The molecule has 0 aliphatic heterocycles. The molecule has 1 aromatic carbocycles. The van der Waals surface area contributed by atoms with Crippen molar-refractivity contribution in [3.8, 4) is 0 Å². The van der Waals surface area contributed by atoms with Crippen LogP contribution in [0, 0.1) is 5.92 Å².